The number of rotatable bonds is 5. The summed E-state index contributed by atoms with van der Waals surface area (Å²) in [4.78, 5) is 14.5. The van der Waals surface area contributed by atoms with Gasteiger partial charge in [0.1, 0.15) is 6.54 Å². The molecule has 0 spiro atoms. The van der Waals surface area contributed by atoms with E-state index in [0.29, 0.717) is 12.6 Å². The summed E-state index contributed by atoms with van der Waals surface area (Å²) < 4.78 is 1.77. The number of amides is 1. The Morgan fingerprint density at radius 1 is 1.45 bits per heavy atom. The number of aromatic nitrogens is 2. The molecule has 0 unspecified atom stereocenters. The Labute approximate surface area is 121 Å². The summed E-state index contributed by atoms with van der Waals surface area (Å²) in [6.07, 6.45) is 3.74. The number of hydrogen-bond donors (Lipinski definition) is 1. The van der Waals surface area contributed by atoms with Crippen LogP contribution in [0.2, 0.25) is 0 Å². The molecule has 0 aliphatic carbocycles. The zero-order chi connectivity index (χ0) is 14.5. The number of piperidine rings is 1. The van der Waals surface area contributed by atoms with Crippen molar-refractivity contribution in [1.82, 2.24) is 20.0 Å². The molecule has 0 bridgehead atoms. The van der Waals surface area contributed by atoms with Gasteiger partial charge in [0.15, 0.2) is 0 Å². The van der Waals surface area contributed by atoms with Crippen LogP contribution in [0, 0.1) is 13.8 Å². The molecule has 1 fully saturated rings. The molecule has 1 aliphatic heterocycles. The molecule has 5 nitrogen and oxygen atoms in total. The van der Waals surface area contributed by atoms with Crippen LogP contribution in [0.4, 0.5) is 0 Å². The minimum Gasteiger partial charge on any atom is -0.353 e. The van der Waals surface area contributed by atoms with Gasteiger partial charge in [-0.2, -0.15) is 5.10 Å². The lowest BCUT2D eigenvalue weighted by Gasteiger charge is -2.34. The predicted molar refractivity (Wildman–Crippen MR) is 79.6 cm³/mol. The minimum atomic E-state index is 0.0535. The predicted octanol–water partition coefficient (Wildman–Crippen LogP) is 1.49. The molecule has 20 heavy (non-hydrogen) atoms. The molecule has 1 aliphatic rings. The lowest BCUT2D eigenvalue weighted by Crippen LogP contribution is -2.47. The molecule has 0 saturated carbocycles. The maximum absolute atomic E-state index is 12.0. The zero-order valence-electron chi connectivity index (χ0n) is 12.9. The third-order valence-corrected chi connectivity index (χ3v) is 4.09. The minimum absolute atomic E-state index is 0.0535. The second-order valence-corrected chi connectivity index (χ2v) is 5.67. The van der Waals surface area contributed by atoms with Gasteiger partial charge in [-0.05, 0) is 45.8 Å². The molecule has 1 saturated heterocycles. The van der Waals surface area contributed by atoms with E-state index in [1.165, 1.54) is 19.3 Å². The van der Waals surface area contributed by atoms with Gasteiger partial charge in [0, 0.05) is 18.3 Å². The number of hydrogen-bond acceptors (Lipinski definition) is 3. The van der Waals surface area contributed by atoms with Crippen molar-refractivity contribution in [3.8, 4) is 0 Å². The molecule has 2 heterocycles. The quantitative estimate of drug-likeness (QED) is 0.888. The van der Waals surface area contributed by atoms with Crippen LogP contribution in [0.1, 0.15) is 37.6 Å². The van der Waals surface area contributed by atoms with Crippen LogP contribution in [0.5, 0.6) is 0 Å². The van der Waals surface area contributed by atoms with Crippen LogP contribution < -0.4 is 5.32 Å². The van der Waals surface area contributed by atoms with Crippen LogP contribution in [0.15, 0.2) is 6.07 Å². The van der Waals surface area contributed by atoms with E-state index in [1.54, 1.807) is 4.68 Å². The number of nitrogens with one attached hydrogen (secondary N) is 1. The summed E-state index contributed by atoms with van der Waals surface area (Å²) in [6, 6.07) is 2.49. The molecule has 1 N–H and O–H groups in total. The van der Waals surface area contributed by atoms with Gasteiger partial charge in [0.25, 0.3) is 0 Å². The summed E-state index contributed by atoms with van der Waals surface area (Å²) in [5, 5.41) is 7.38. The summed E-state index contributed by atoms with van der Waals surface area (Å²) in [5.41, 5.74) is 1.99. The Kier molecular flexibility index (Phi) is 5.17. The average Bonchev–Trinajstić information content (AvgIpc) is 2.75. The molecule has 1 amide bonds. The zero-order valence-corrected chi connectivity index (χ0v) is 12.9. The summed E-state index contributed by atoms with van der Waals surface area (Å²) in [6.45, 7) is 9.42. The second kappa shape index (κ2) is 6.88. The lowest BCUT2D eigenvalue weighted by molar-refractivity contribution is -0.122. The third-order valence-electron chi connectivity index (χ3n) is 4.09. The van der Waals surface area contributed by atoms with Gasteiger partial charge in [0.2, 0.25) is 5.91 Å². The second-order valence-electron chi connectivity index (χ2n) is 5.67. The number of carbonyl (C=O) groups is 1. The smallest absolute Gasteiger partial charge is 0.241 e. The van der Waals surface area contributed by atoms with Gasteiger partial charge in [-0.15, -0.1) is 0 Å². The van der Waals surface area contributed by atoms with E-state index < -0.39 is 0 Å². The Hall–Kier alpha value is -1.36. The van der Waals surface area contributed by atoms with Crippen LogP contribution in [0.3, 0.4) is 0 Å². The van der Waals surface area contributed by atoms with E-state index in [2.05, 4.69) is 22.2 Å². The topological polar surface area (TPSA) is 50.2 Å². The van der Waals surface area contributed by atoms with Crippen molar-refractivity contribution in [3.63, 3.8) is 0 Å². The van der Waals surface area contributed by atoms with E-state index >= 15 is 0 Å². The molecule has 1 aromatic rings. The monoisotopic (exact) mass is 278 g/mol. The molecule has 5 heteroatoms. The Morgan fingerprint density at radius 3 is 2.90 bits per heavy atom. The fraction of sp³-hybridized carbons (Fsp3) is 0.733. The Balaban J connectivity index is 1.81. The standard InChI is InChI=1S/C15H26N4O/c1-4-18-8-6-5-7-14(18)10-16-15(20)11-19-13(3)9-12(2)17-19/h9,14H,4-8,10-11H2,1-3H3,(H,16,20)/t14-/m0/s1. The molecule has 0 aromatic carbocycles. The Morgan fingerprint density at radius 2 is 2.25 bits per heavy atom. The average molecular weight is 278 g/mol. The first kappa shape index (κ1) is 15.0. The molecular weight excluding hydrogens is 252 g/mol. The SMILES string of the molecule is CCN1CCCC[C@H]1CNC(=O)Cn1nc(C)cc1C. The number of likely N-dealkylation sites (N-methyl/N-ethyl adjacent to an activating group) is 1. The summed E-state index contributed by atoms with van der Waals surface area (Å²) in [5.74, 6) is 0.0535. The number of nitrogens with zero attached hydrogens (tertiary/aromatic N) is 3. The largest absolute Gasteiger partial charge is 0.353 e. The van der Waals surface area contributed by atoms with Crippen LogP contribution in [-0.4, -0.2) is 46.3 Å². The van der Waals surface area contributed by atoms with E-state index in [4.69, 9.17) is 0 Å². The molecular formula is C15H26N4O. The molecule has 1 aromatic heterocycles. The van der Waals surface area contributed by atoms with Crippen molar-refractivity contribution in [2.75, 3.05) is 19.6 Å². The fourth-order valence-electron chi connectivity index (χ4n) is 2.97. The van der Waals surface area contributed by atoms with Gasteiger partial charge < -0.3 is 5.32 Å². The molecule has 2 rings (SSSR count). The van der Waals surface area contributed by atoms with Gasteiger partial charge in [-0.3, -0.25) is 14.4 Å². The van der Waals surface area contributed by atoms with Crippen molar-refractivity contribution in [3.05, 3.63) is 17.5 Å². The highest BCUT2D eigenvalue weighted by atomic mass is 16.2. The van der Waals surface area contributed by atoms with E-state index in [1.807, 2.05) is 19.9 Å². The van der Waals surface area contributed by atoms with E-state index in [9.17, 15) is 4.79 Å². The lowest BCUT2D eigenvalue weighted by atomic mass is 10.0. The highest BCUT2D eigenvalue weighted by Gasteiger charge is 2.21. The molecule has 1 atom stereocenters. The highest BCUT2D eigenvalue weighted by molar-refractivity contribution is 5.75. The van der Waals surface area contributed by atoms with Gasteiger partial charge in [-0.1, -0.05) is 13.3 Å². The maximum Gasteiger partial charge on any atom is 0.241 e. The molecule has 112 valence electrons. The van der Waals surface area contributed by atoms with Crippen molar-refractivity contribution in [2.24, 2.45) is 0 Å². The van der Waals surface area contributed by atoms with Crippen LogP contribution in [0.25, 0.3) is 0 Å². The van der Waals surface area contributed by atoms with Crippen LogP contribution >= 0.6 is 0 Å². The van der Waals surface area contributed by atoms with E-state index in [0.717, 1.165) is 31.0 Å². The summed E-state index contributed by atoms with van der Waals surface area (Å²) >= 11 is 0. The van der Waals surface area contributed by atoms with E-state index in [-0.39, 0.29) is 5.91 Å². The van der Waals surface area contributed by atoms with Gasteiger partial charge in [-0.25, -0.2) is 0 Å². The van der Waals surface area contributed by atoms with Crippen molar-refractivity contribution in [2.45, 2.75) is 52.6 Å². The van der Waals surface area contributed by atoms with Crippen molar-refractivity contribution >= 4 is 5.91 Å². The Bertz CT molecular complexity index is 455. The number of carbonyl (C=O) groups excluding carboxylic acids is 1. The normalized spacial score (nSPS) is 20.1. The van der Waals surface area contributed by atoms with Crippen molar-refractivity contribution < 1.29 is 4.79 Å². The number of likely N-dealkylation sites (tertiary alicyclic amines) is 1. The molecule has 0 radical (unpaired) electrons. The first-order valence-corrected chi connectivity index (χ1v) is 7.62. The maximum atomic E-state index is 12.0. The van der Waals surface area contributed by atoms with Crippen LogP contribution in [-0.2, 0) is 11.3 Å². The van der Waals surface area contributed by atoms with Gasteiger partial charge >= 0.3 is 0 Å². The summed E-state index contributed by atoms with van der Waals surface area (Å²) in [7, 11) is 0. The fourth-order valence-corrected chi connectivity index (χ4v) is 2.97. The number of aryl methyl sites for hydroxylation is 2. The highest BCUT2D eigenvalue weighted by Crippen LogP contribution is 2.15. The first-order chi connectivity index (χ1) is 9.60. The third kappa shape index (κ3) is 3.82. The van der Waals surface area contributed by atoms with Gasteiger partial charge in [0.05, 0.1) is 5.69 Å². The van der Waals surface area contributed by atoms with Crippen molar-refractivity contribution in [1.29, 1.82) is 0 Å². The first-order valence-electron chi connectivity index (χ1n) is 7.62.